The summed E-state index contributed by atoms with van der Waals surface area (Å²) in [7, 11) is 0. The Morgan fingerprint density at radius 3 is 2.56 bits per heavy atom. The summed E-state index contributed by atoms with van der Waals surface area (Å²) in [5, 5.41) is 8.50. The Morgan fingerprint density at radius 2 is 2.06 bits per heavy atom. The lowest BCUT2D eigenvalue weighted by Gasteiger charge is -2.02. The van der Waals surface area contributed by atoms with Crippen molar-refractivity contribution in [2.24, 2.45) is 17.3 Å². The standard InChI is InChI=1S/C12H18O4/c1-8(13)16-7-10-9(12(10,2)3)5-4-6-11(14)15/h4-5,9-10H,6-7H2,1-3H3,(H,14,15)/b5-4+. The van der Waals surface area contributed by atoms with Crippen LogP contribution < -0.4 is 0 Å². The fraction of sp³-hybridized carbons (Fsp3) is 0.667. The van der Waals surface area contributed by atoms with E-state index in [-0.39, 0.29) is 17.8 Å². The minimum absolute atomic E-state index is 0.0485. The highest BCUT2D eigenvalue weighted by atomic mass is 16.5. The van der Waals surface area contributed by atoms with Gasteiger partial charge in [-0.25, -0.2) is 0 Å². The molecule has 90 valence electrons. The van der Waals surface area contributed by atoms with Crippen LogP contribution in [-0.2, 0) is 14.3 Å². The molecule has 16 heavy (non-hydrogen) atoms. The lowest BCUT2D eigenvalue weighted by atomic mass is 10.1. The maximum Gasteiger partial charge on any atom is 0.307 e. The highest BCUT2D eigenvalue weighted by Gasteiger charge is 2.56. The van der Waals surface area contributed by atoms with Crippen LogP contribution in [0.3, 0.4) is 0 Å². The lowest BCUT2D eigenvalue weighted by Crippen LogP contribution is -2.05. The molecule has 4 nitrogen and oxygen atoms in total. The number of aliphatic carboxylic acids is 1. The molecule has 1 N–H and O–H groups in total. The second kappa shape index (κ2) is 4.68. The quantitative estimate of drug-likeness (QED) is 0.574. The molecule has 2 atom stereocenters. The van der Waals surface area contributed by atoms with Gasteiger partial charge in [-0.1, -0.05) is 26.0 Å². The van der Waals surface area contributed by atoms with Crippen molar-refractivity contribution < 1.29 is 19.4 Å². The van der Waals surface area contributed by atoms with Gasteiger partial charge in [0.1, 0.15) is 0 Å². The fourth-order valence-electron chi connectivity index (χ4n) is 2.01. The summed E-state index contributed by atoms with van der Waals surface area (Å²) in [5.41, 5.74) is 0.102. The van der Waals surface area contributed by atoms with Crippen LogP contribution in [-0.4, -0.2) is 23.7 Å². The SMILES string of the molecule is CC(=O)OCC1C(/C=C/CC(=O)O)C1(C)C. The maximum atomic E-state index is 10.7. The predicted molar refractivity (Wildman–Crippen MR) is 58.8 cm³/mol. The van der Waals surface area contributed by atoms with Crippen LogP contribution in [0.25, 0.3) is 0 Å². The van der Waals surface area contributed by atoms with Gasteiger partial charge >= 0.3 is 11.9 Å². The van der Waals surface area contributed by atoms with E-state index in [0.717, 1.165) is 0 Å². The van der Waals surface area contributed by atoms with E-state index < -0.39 is 5.97 Å². The van der Waals surface area contributed by atoms with E-state index in [4.69, 9.17) is 9.84 Å². The number of carboxylic acid groups (broad SMARTS) is 1. The van der Waals surface area contributed by atoms with Gasteiger partial charge in [0.05, 0.1) is 13.0 Å². The second-order valence-electron chi connectivity index (χ2n) is 4.78. The van der Waals surface area contributed by atoms with Crippen molar-refractivity contribution in [3.8, 4) is 0 Å². The van der Waals surface area contributed by atoms with Crippen molar-refractivity contribution in [1.82, 2.24) is 0 Å². The Hall–Kier alpha value is -1.32. The second-order valence-corrected chi connectivity index (χ2v) is 4.78. The summed E-state index contributed by atoms with van der Waals surface area (Å²) in [4.78, 5) is 21.0. The molecule has 0 spiro atoms. The van der Waals surface area contributed by atoms with Gasteiger partial charge in [0.25, 0.3) is 0 Å². The number of allylic oxidation sites excluding steroid dienone is 1. The predicted octanol–water partition coefficient (Wildman–Crippen LogP) is 1.85. The number of rotatable bonds is 5. The molecule has 0 aromatic rings. The summed E-state index contributed by atoms with van der Waals surface area (Å²) in [6.07, 6.45) is 3.64. The third kappa shape index (κ3) is 3.08. The van der Waals surface area contributed by atoms with E-state index in [9.17, 15) is 9.59 Å². The minimum atomic E-state index is -0.828. The number of carbonyl (C=O) groups is 2. The largest absolute Gasteiger partial charge is 0.481 e. The average Bonchev–Trinajstić information content (AvgIpc) is 2.64. The van der Waals surface area contributed by atoms with Crippen molar-refractivity contribution in [2.45, 2.75) is 27.2 Å². The Labute approximate surface area is 95.3 Å². The lowest BCUT2D eigenvalue weighted by molar-refractivity contribution is -0.141. The summed E-state index contributed by atoms with van der Waals surface area (Å²) >= 11 is 0. The van der Waals surface area contributed by atoms with Crippen molar-refractivity contribution in [3.63, 3.8) is 0 Å². The van der Waals surface area contributed by atoms with Gasteiger partial charge in [-0.2, -0.15) is 0 Å². The van der Waals surface area contributed by atoms with Gasteiger partial charge in [0.2, 0.25) is 0 Å². The molecule has 4 heteroatoms. The van der Waals surface area contributed by atoms with Crippen LogP contribution in [0.1, 0.15) is 27.2 Å². The fourth-order valence-corrected chi connectivity index (χ4v) is 2.01. The Balaban J connectivity index is 2.41. The minimum Gasteiger partial charge on any atom is -0.481 e. The maximum absolute atomic E-state index is 10.7. The number of carbonyl (C=O) groups excluding carboxylic acids is 1. The van der Waals surface area contributed by atoms with Crippen LogP contribution in [0.4, 0.5) is 0 Å². The van der Waals surface area contributed by atoms with Gasteiger partial charge in [-0.15, -0.1) is 0 Å². The molecular weight excluding hydrogens is 208 g/mol. The molecule has 1 rings (SSSR count). The van der Waals surface area contributed by atoms with Crippen LogP contribution in [0.5, 0.6) is 0 Å². The first-order chi connectivity index (χ1) is 7.35. The van der Waals surface area contributed by atoms with Crippen molar-refractivity contribution in [1.29, 1.82) is 0 Å². The summed E-state index contributed by atoms with van der Waals surface area (Å²) in [6.45, 7) is 6.00. The first-order valence-corrected chi connectivity index (χ1v) is 5.37. The number of ether oxygens (including phenoxy) is 1. The molecule has 1 fully saturated rings. The monoisotopic (exact) mass is 226 g/mol. The number of carboxylic acids is 1. The molecule has 0 bridgehead atoms. The molecule has 0 amide bonds. The highest BCUT2D eigenvalue weighted by molar-refractivity contribution is 5.68. The van der Waals surface area contributed by atoms with E-state index in [1.54, 1.807) is 6.08 Å². The van der Waals surface area contributed by atoms with Crippen LogP contribution in [0.15, 0.2) is 12.2 Å². The first kappa shape index (κ1) is 12.7. The summed E-state index contributed by atoms with van der Waals surface area (Å²) in [6, 6.07) is 0. The highest BCUT2D eigenvalue weighted by Crippen LogP contribution is 2.59. The number of hydrogen-bond donors (Lipinski definition) is 1. The molecule has 1 aliphatic rings. The van der Waals surface area contributed by atoms with Crippen molar-refractivity contribution in [2.75, 3.05) is 6.61 Å². The summed E-state index contributed by atoms with van der Waals surface area (Å²) < 4.78 is 4.97. The van der Waals surface area contributed by atoms with Gasteiger partial charge in [0.15, 0.2) is 0 Å². The molecule has 0 aromatic carbocycles. The number of esters is 1. The van der Waals surface area contributed by atoms with E-state index in [2.05, 4.69) is 13.8 Å². The molecule has 0 saturated heterocycles. The van der Waals surface area contributed by atoms with Gasteiger partial charge in [-0.05, 0) is 11.3 Å². The van der Waals surface area contributed by atoms with E-state index in [0.29, 0.717) is 18.4 Å². The van der Waals surface area contributed by atoms with Crippen LogP contribution in [0, 0.1) is 17.3 Å². The molecule has 0 aromatic heterocycles. The van der Waals surface area contributed by atoms with E-state index in [1.807, 2.05) is 6.08 Å². The molecule has 0 radical (unpaired) electrons. The zero-order chi connectivity index (χ0) is 12.3. The molecule has 0 aliphatic heterocycles. The molecular formula is C12H18O4. The molecule has 2 unspecified atom stereocenters. The van der Waals surface area contributed by atoms with E-state index >= 15 is 0 Å². The zero-order valence-corrected chi connectivity index (χ0v) is 9.90. The van der Waals surface area contributed by atoms with Gasteiger partial charge < -0.3 is 9.84 Å². The molecule has 1 saturated carbocycles. The van der Waals surface area contributed by atoms with E-state index in [1.165, 1.54) is 6.92 Å². The molecule has 1 aliphatic carbocycles. The smallest absolute Gasteiger partial charge is 0.307 e. The average molecular weight is 226 g/mol. The Bertz CT molecular complexity index is 317. The molecule has 0 heterocycles. The van der Waals surface area contributed by atoms with Crippen LogP contribution >= 0.6 is 0 Å². The third-order valence-corrected chi connectivity index (χ3v) is 3.24. The normalized spacial score (nSPS) is 26.7. The summed E-state index contributed by atoms with van der Waals surface area (Å²) in [5.74, 6) is -0.477. The Morgan fingerprint density at radius 1 is 1.44 bits per heavy atom. The third-order valence-electron chi connectivity index (χ3n) is 3.24. The number of hydrogen-bond acceptors (Lipinski definition) is 3. The van der Waals surface area contributed by atoms with Crippen molar-refractivity contribution in [3.05, 3.63) is 12.2 Å². The van der Waals surface area contributed by atoms with Gasteiger partial charge in [-0.3, -0.25) is 9.59 Å². The topological polar surface area (TPSA) is 63.6 Å². The van der Waals surface area contributed by atoms with Gasteiger partial charge in [0, 0.05) is 12.8 Å². The van der Waals surface area contributed by atoms with Crippen molar-refractivity contribution >= 4 is 11.9 Å². The van der Waals surface area contributed by atoms with Crippen LogP contribution in [0.2, 0.25) is 0 Å². The first-order valence-electron chi connectivity index (χ1n) is 5.37. The zero-order valence-electron chi connectivity index (χ0n) is 9.90. The Kier molecular flexibility index (Phi) is 3.73.